The molecule has 1 saturated heterocycles. The second-order valence-corrected chi connectivity index (χ2v) is 7.06. The van der Waals surface area contributed by atoms with Gasteiger partial charge in [0.05, 0.1) is 5.69 Å². The van der Waals surface area contributed by atoms with Crippen molar-refractivity contribution in [1.29, 1.82) is 0 Å². The number of aromatic amines is 1. The van der Waals surface area contributed by atoms with Gasteiger partial charge in [-0.2, -0.15) is 16.4 Å². The Morgan fingerprint density at radius 3 is 2.96 bits per heavy atom. The van der Waals surface area contributed by atoms with E-state index in [9.17, 15) is 4.79 Å². The third-order valence-electron chi connectivity index (χ3n) is 4.48. The highest BCUT2D eigenvalue weighted by atomic mass is 32.1. The number of nitrogens with zero attached hydrogens (tertiary/aromatic N) is 2. The number of hydrogen-bond donors (Lipinski definition) is 2. The summed E-state index contributed by atoms with van der Waals surface area (Å²) in [5, 5.41) is 14.7. The van der Waals surface area contributed by atoms with Crippen LogP contribution in [0.25, 0.3) is 11.3 Å². The molecule has 1 aliphatic heterocycles. The van der Waals surface area contributed by atoms with E-state index in [0.29, 0.717) is 12.2 Å². The van der Waals surface area contributed by atoms with Crippen LogP contribution in [0.2, 0.25) is 0 Å². The highest BCUT2D eigenvalue weighted by molar-refractivity contribution is 7.08. The fourth-order valence-corrected chi connectivity index (χ4v) is 3.86. The van der Waals surface area contributed by atoms with Gasteiger partial charge in [0.25, 0.3) is 5.91 Å². The molecular weight excluding hydrogens is 332 g/mol. The molecule has 0 bridgehead atoms. The van der Waals surface area contributed by atoms with E-state index in [1.54, 1.807) is 11.3 Å². The molecule has 3 aromatic rings. The summed E-state index contributed by atoms with van der Waals surface area (Å²) in [5.41, 5.74) is 3.52. The van der Waals surface area contributed by atoms with Gasteiger partial charge >= 0.3 is 0 Å². The maximum absolute atomic E-state index is 12.8. The first-order valence-corrected chi connectivity index (χ1v) is 9.43. The quantitative estimate of drug-likeness (QED) is 0.750. The van der Waals surface area contributed by atoms with E-state index < -0.39 is 0 Å². The van der Waals surface area contributed by atoms with Crippen LogP contribution >= 0.6 is 11.3 Å². The monoisotopic (exact) mass is 352 g/mol. The second kappa shape index (κ2) is 7.11. The molecule has 1 aromatic carbocycles. The minimum atomic E-state index is 0.0218. The molecule has 1 fully saturated rings. The van der Waals surface area contributed by atoms with E-state index >= 15 is 0 Å². The molecule has 0 aliphatic carbocycles. The topological polar surface area (TPSA) is 61.0 Å². The van der Waals surface area contributed by atoms with Crippen LogP contribution in [-0.2, 0) is 0 Å². The maximum atomic E-state index is 12.8. The lowest BCUT2D eigenvalue weighted by Crippen LogP contribution is -2.45. The number of carbonyl (C=O) groups excluding carboxylic acids is 1. The number of piperidine rings is 1. The van der Waals surface area contributed by atoms with Gasteiger partial charge in [-0.25, -0.2) is 0 Å². The Kier molecular flexibility index (Phi) is 4.52. The Labute approximate surface area is 150 Å². The van der Waals surface area contributed by atoms with Gasteiger partial charge in [0, 0.05) is 35.8 Å². The fourth-order valence-electron chi connectivity index (χ4n) is 3.21. The van der Waals surface area contributed by atoms with E-state index in [4.69, 9.17) is 0 Å². The van der Waals surface area contributed by atoms with Crippen molar-refractivity contribution in [2.45, 2.75) is 18.9 Å². The number of aromatic nitrogens is 2. The summed E-state index contributed by atoms with van der Waals surface area (Å²) >= 11 is 1.62. The summed E-state index contributed by atoms with van der Waals surface area (Å²) in [6, 6.07) is 14.3. The zero-order valence-corrected chi connectivity index (χ0v) is 14.6. The van der Waals surface area contributed by atoms with Crippen molar-refractivity contribution in [2.24, 2.45) is 0 Å². The minimum Gasteiger partial charge on any atom is -0.381 e. The van der Waals surface area contributed by atoms with Crippen LogP contribution in [0.5, 0.6) is 0 Å². The summed E-state index contributed by atoms with van der Waals surface area (Å²) in [4.78, 5) is 14.7. The third-order valence-corrected chi connectivity index (χ3v) is 5.16. The van der Waals surface area contributed by atoms with E-state index in [1.807, 2.05) is 46.0 Å². The molecule has 0 unspecified atom stereocenters. The highest BCUT2D eigenvalue weighted by Gasteiger charge is 2.25. The number of H-pyrrole nitrogens is 1. The average molecular weight is 352 g/mol. The van der Waals surface area contributed by atoms with Crippen molar-refractivity contribution in [2.75, 3.05) is 18.4 Å². The van der Waals surface area contributed by atoms with Gasteiger partial charge in [-0.05, 0) is 42.5 Å². The standard InChI is InChI=1S/C19H20N4OS/c24-19(18-11-17(21-22-18)14-8-10-25-13-14)23-9-4-7-16(12-23)20-15-5-2-1-3-6-15/h1-3,5-6,8,10-11,13,16,20H,4,7,9,12H2,(H,21,22)/t16-/m0/s1. The summed E-state index contributed by atoms with van der Waals surface area (Å²) < 4.78 is 0. The molecule has 6 heteroatoms. The summed E-state index contributed by atoms with van der Waals surface area (Å²) in [6.07, 6.45) is 2.07. The molecule has 1 amide bonds. The number of benzene rings is 1. The van der Waals surface area contributed by atoms with Crippen LogP contribution in [-0.4, -0.2) is 40.1 Å². The summed E-state index contributed by atoms with van der Waals surface area (Å²) in [6.45, 7) is 1.50. The number of nitrogens with one attached hydrogen (secondary N) is 2. The zero-order chi connectivity index (χ0) is 17.1. The van der Waals surface area contributed by atoms with Crippen LogP contribution < -0.4 is 5.32 Å². The number of likely N-dealkylation sites (tertiary alicyclic amines) is 1. The summed E-state index contributed by atoms with van der Waals surface area (Å²) in [5.74, 6) is 0.0218. The number of hydrogen-bond acceptors (Lipinski definition) is 4. The Hall–Kier alpha value is -2.60. The van der Waals surface area contributed by atoms with Crippen molar-refractivity contribution in [1.82, 2.24) is 15.1 Å². The Balaban J connectivity index is 1.43. The number of anilines is 1. The minimum absolute atomic E-state index is 0.0218. The largest absolute Gasteiger partial charge is 0.381 e. The number of amides is 1. The molecule has 4 rings (SSSR count). The van der Waals surface area contributed by atoms with Crippen molar-refractivity contribution in [3.8, 4) is 11.3 Å². The van der Waals surface area contributed by atoms with Crippen LogP contribution in [0.3, 0.4) is 0 Å². The fraction of sp³-hybridized carbons (Fsp3) is 0.263. The van der Waals surface area contributed by atoms with Crippen molar-refractivity contribution in [3.05, 3.63) is 58.9 Å². The van der Waals surface area contributed by atoms with Gasteiger partial charge in [-0.15, -0.1) is 0 Å². The van der Waals surface area contributed by atoms with Gasteiger partial charge in [-0.3, -0.25) is 9.89 Å². The van der Waals surface area contributed by atoms with Gasteiger partial charge < -0.3 is 10.2 Å². The molecule has 5 nitrogen and oxygen atoms in total. The van der Waals surface area contributed by atoms with Crippen LogP contribution in [0.15, 0.2) is 53.2 Å². The molecule has 0 spiro atoms. The smallest absolute Gasteiger partial charge is 0.271 e. The molecule has 1 atom stereocenters. The lowest BCUT2D eigenvalue weighted by Gasteiger charge is -2.33. The Bertz CT molecular complexity index is 828. The lowest BCUT2D eigenvalue weighted by molar-refractivity contribution is 0.0709. The Morgan fingerprint density at radius 1 is 1.28 bits per heavy atom. The third kappa shape index (κ3) is 3.58. The van der Waals surface area contributed by atoms with Crippen LogP contribution in [0.4, 0.5) is 5.69 Å². The molecule has 0 radical (unpaired) electrons. The molecule has 2 aromatic heterocycles. The van der Waals surface area contributed by atoms with Gasteiger partial charge in [0.15, 0.2) is 0 Å². The SMILES string of the molecule is O=C(c1cc(-c2ccsc2)n[nH]1)N1CCC[C@H](Nc2ccccc2)C1. The molecule has 3 heterocycles. The first-order chi connectivity index (χ1) is 12.3. The molecule has 1 aliphatic rings. The lowest BCUT2D eigenvalue weighted by atomic mass is 10.0. The average Bonchev–Trinajstić information content (AvgIpc) is 3.34. The number of rotatable bonds is 4. The van der Waals surface area contributed by atoms with E-state index in [-0.39, 0.29) is 11.9 Å². The first-order valence-electron chi connectivity index (χ1n) is 8.48. The first kappa shape index (κ1) is 15.9. The van der Waals surface area contributed by atoms with E-state index in [1.165, 1.54) is 0 Å². The zero-order valence-electron chi connectivity index (χ0n) is 13.8. The number of para-hydroxylation sites is 1. The molecule has 2 N–H and O–H groups in total. The van der Waals surface area contributed by atoms with Crippen molar-refractivity contribution in [3.63, 3.8) is 0 Å². The number of thiophene rings is 1. The maximum Gasteiger partial charge on any atom is 0.271 e. The van der Waals surface area contributed by atoms with Gasteiger partial charge in [0.2, 0.25) is 0 Å². The van der Waals surface area contributed by atoms with Gasteiger partial charge in [0.1, 0.15) is 5.69 Å². The van der Waals surface area contributed by atoms with Crippen LogP contribution in [0.1, 0.15) is 23.3 Å². The van der Waals surface area contributed by atoms with Crippen molar-refractivity contribution >= 4 is 22.9 Å². The van der Waals surface area contributed by atoms with Crippen molar-refractivity contribution < 1.29 is 4.79 Å². The normalized spacial score (nSPS) is 17.4. The Morgan fingerprint density at radius 2 is 2.16 bits per heavy atom. The predicted octanol–water partition coefficient (Wildman–Crippen LogP) is 3.85. The van der Waals surface area contributed by atoms with Crippen LogP contribution in [0, 0.1) is 0 Å². The van der Waals surface area contributed by atoms with E-state index in [0.717, 1.165) is 36.3 Å². The molecule has 128 valence electrons. The highest BCUT2D eigenvalue weighted by Crippen LogP contribution is 2.22. The molecular formula is C19H20N4OS. The van der Waals surface area contributed by atoms with Gasteiger partial charge in [-0.1, -0.05) is 18.2 Å². The van der Waals surface area contributed by atoms with E-state index in [2.05, 4.69) is 27.6 Å². The predicted molar refractivity (Wildman–Crippen MR) is 101 cm³/mol. The molecule has 0 saturated carbocycles. The number of carbonyl (C=O) groups is 1. The summed E-state index contributed by atoms with van der Waals surface area (Å²) in [7, 11) is 0. The second-order valence-electron chi connectivity index (χ2n) is 6.28. The molecule has 25 heavy (non-hydrogen) atoms.